The Morgan fingerprint density at radius 3 is 2.61 bits per heavy atom. The first-order valence-corrected chi connectivity index (χ1v) is 15.5. The van der Waals surface area contributed by atoms with Crippen molar-refractivity contribution in [3.05, 3.63) is 47.5 Å². The van der Waals surface area contributed by atoms with Gasteiger partial charge in [0.25, 0.3) is 0 Å². The molecular weight excluding hydrogens is 561 g/mol. The molecule has 0 unspecified atom stereocenters. The molecule has 2 aromatic carbocycles. The van der Waals surface area contributed by atoms with Crippen molar-refractivity contribution in [2.75, 3.05) is 56.3 Å². The van der Waals surface area contributed by atoms with E-state index in [2.05, 4.69) is 4.90 Å². The van der Waals surface area contributed by atoms with Crippen LogP contribution in [0.2, 0.25) is 5.02 Å². The van der Waals surface area contributed by atoms with Gasteiger partial charge in [-0.05, 0) is 49.1 Å². The fraction of sp³-hybridized carbons (Fsp3) is 0.417. The second kappa shape index (κ2) is 13.4. The van der Waals surface area contributed by atoms with Gasteiger partial charge in [-0.25, -0.2) is 13.4 Å². The second-order valence-corrected chi connectivity index (χ2v) is 12.6. The Bertz CT molecular complexity index is 1260. The lowest BCUT2D eigenvalue weighted by atomic mass is 10.3. The fourth-order valence-electron chi connectivity index (χ4n) is 3.89. The van der Waals surface area contributed by atoms with Gasteiger partial charge in [0.05, 0.1) is 34.1 Å². The van der Waals surface area contributed by atoms with E-state index in [9.17, 15) is 13.2 Å². The molecule has 1 aliphatic rings. The van der Waals surface area contributed by atoms with Crippen LogP contribution in [-0.4, -0.2) is 75.6 Å². The highest BCUT2D eigenvalue weighted by Gasteiger charge is 2.23. The minimum absolute atomic E-state index is 0. The number of fused-ring (bicyclic) bond motifs is 1. The number of anilines is 1. The maximum atomic E-state index is 13.3. The molecule has 7 nitrogen and oxygen atoms in total. The standard InChI is InChI=1S/C24H28ClN3O4S3.ClH/c1-33-20-4-2-5-21-23(20)26-24(34-21)28(12-11-27-13-15-32-16-14-27)22(29)6-3-17-35(30,31)19-9-7-18(25)8-10-19;/h2,4-5,7-10H,3,6,11-17H2,1H3;1H. The molecule has 4 rings (SSSR count). The van der Waals surface area contributed by atoms with Crippen LogP contribution in [0.5, 0.6) is 0 Å². The molecule has 0 N–H and O–H groups in total. The number of morpholine rings is 1. The number of ether oxygens (including phenoxy) is 1. The molecular formula is C24H29Cl2N3O4S3. The van der Waals surface area contributed by atoms with Crippen molar-refractivity contribution >= 4 is 78.2 Å². The Balaban J connectivity index is 0.00000361. The summed E-state index contributed by atoms with van der Waals surface area (Å²) in [6.45, 7) is 4.25. The van der Waals surface area contributed by atoms with E-state index in [1.54, 1.807) is 28.8 Å². The number of sulfone groups is 1. The van der Waals surface area contributed by atoms with Crippen molar-refractivity contribution < 1.29 is 17.9 Å². The molecule has 1 amide bonds. The van der Waals surface area contributed by atoms with Crippen LogP contribution >= 0.6 is 47.1 Å². The second-order valence-electron chi connectivity index (χ2n) is 8.18. The van der Waals surface area contributed by atoms with Gasteiger partial charge in [-0.3, -0.25) is 14.6 Å². The van der Waals surface area contributed by atoms with E-state index in [-0.39, 0.29) is 41.8 Å². The highest BCUT2D eigenvalue weighted by atomic mass is 35.5. The maximum absolute atomic E-state index is 13.3. The molecule has 0 radical (unpaired) electrons. The van der Waals surface area contributed by atoms with Gasteiger partial charge in [0.15, 0.2) is 15.0 Å². The summed E-state index contributed by atoms with van der Waals surface area (Å²) in [5, 5.41) is 1.14. The largest absolute Gasteiger partial charge is 0.379 e. The van der Waals surface area contributed by atoms with Crippen molar-refractivity contribution in [1.29, 1.82) is 0 Å². The molecule has 3 aromatic rings. The van der Waals surface area contributed by atoms with Crippen LogP contribution in [0.25, 0.3) is 10.2 Å². The Labute approximate surface area is 231 Å². The van der Waals surface area contributed by atoms with Crippen LogP contribution in [0.4, 0.5) is 5.13 Å². The third-order valence-electron chi connectivity index (χ3n) is 5.84. The van der Waals surface area contributed by atoms with Crippen LogP contribution < -0.4 is 4.90 Å². The summed E-state index contributed by atoms with van der Waals surface area (Å²) in [4.78, 5) is 23.4. The Hall–Kier alpha value is -1.40. The van der Waals surface area contributed by atoms with E-state index in [1.165, 1.54) is 23.5 Å². The van der Waals surface area contributed by atoms with E-state index in [4.69, 9.17) is 21.3 Å². The molecule has 1 saturated heterocycles. The number of rotatable bonds is 10. The molecule has 1 aromatic heterocycles. The molecule has 0 spiro atoms. The summed E-state index contributed by atoms with van der Waals surface area (Å²) in [5.41, 5.74) is 0.898. The van der Waals surface area contributed by atoms with E-state index in [1.807, 2.05) is 24.5 Å². The SMILES string of the molecule is CSc1cccc2sc(N(CCN3CCOCC3)C(=O)CCCS(=O)(=O)c3ccc(Cl)cc3)nc12.Cl. The molecule has 12 heteroatoms. The molecule has 1 aliphatic heterocycles. The zero-order chi connectivity index (χ0) is 24.8. The molecule has 0 atom stereocenters. The number of benzene rings is 2. The van der Waals surface area contributed by atoms with Gasteiger partial charge in [0.2, 0.25) is 5.91 Å². The first kappa shape index (κ1) is 29.2. The third-order valence-corrected chi connectivity index (χ3v) is 9.72. The maximum Gasteiger partial charge on any atom is 0.228 e. The van der Waals surface area contributed by atoms with Gasteiger partial charge in [-0.15, -0.1) is 24.2 Å². The average molecular weight is 591 g/mol. The van der Waals surface area contributed by atoms with Gasteiger partial charge in [-0.2, -0.15) is 0 Å². The third kappa shape index (κ3) is 7.34. The van der Waals surface area contributed by atoms with Crippen molar-refractivity contribution in [3.63, 3.8) is 0 Å². The summed E-state index contributed by atoms with van der Waals surface area (Å²) in [7, 11) is -3.49. The molecule has 0 bridgehead atoms. The first-order valence-electron chi connectivity index (χ1n) is 11.4. The molecule has 0 saturated carbocycles. The number of para-hydroxylation sites is 1. The molecule has 196 valence electrons. The minimum Gasteiger partial charge on any atom is -0.379 e. The van der Waals surface area contributed by atoms with Gasteiger partial charge >= 0.3 is 0 Å². The van der Waals surface area contributed by atoms with Crippen LogP contribution in [0.3, 0.4) is 0 Å². The van der Waals surface area contributed by atoms with Crippen LogP contribution in [0.1, 0.15) is 12.8 Å². The predicted molar refractivity (Wildman–Crippen MR) is 151 cm³/mol. The lowest BCUT2D eigenvalue weighted by molar-refractivity contribution is -0.118. The number of hydrogen-bond donors (Lipinski definition) is 0. The number of thiazole rings is 1. The number of halogens is 2. The lowest BCUT2D eigenvalue weighted by Crippen LogP contribution is -2.43. The summed E-state index contributed by atoms with van der Waals surface area (Å²) in [5.74, 6) is -0.219. The average Bonchev–Trinajstić information content (AvgIpc) is 3.29. The molecule has 0 aliphatic carbocycles. The number of hydrogen-bond acceptors (Lipinski definition) is 8. The number of carbonyl (C=O) groups is 1. The smallest absolute Gasteiger partial charge is 0.228 e. The van der Waals surface area contributed by atoms with Gasteiger partial charge in [0.1, 0.15) is 0 Å². The van der Waals surface area contributed by atoms with Crippen LogP contribution in [0.15, 0.2) is 52.3 Å². The van der Waals surface area contributed by atoms with Crippen molar-refractivity contribution in [3.8, 4) is 0 Å². The molecule has 2 heterocycles. The predicted octanol–water partition coefficient (Wildman–Crippen LogP) is 5.01. The zero-order valence-corrected chi connectivity index (χ0v) is 23.9. The Morgan fingerprint density at radius 2 is 1.92 bits per heavy atom. The zero-order valence-electron chi connectivity index (χ0n) is 19.9. The topological polar surface area (TPSA) is 79.8 Å². The van der Waals surface area contributed by atoms with E-state index in [0.717, 1.165) is 28.2 Å². The summed E-state index contributed by atoms with van der Waals surface area (Å²) >= 11 is 8.99. The van der Waals surface area contributed by atoms with Crippen molar-refractivity contribution in [2.24, 2.45) is 0 Å². The molecule has 1 fully saturated rings. The van der Waals surface area contributed by atoms with E-state index < -0.39 is 9.84 Å². The van der Waals surface area contributed by atoms with Crippen molar-refractivity contribution in [1.82, 2.24) is 9.88 Å². The van der Waals surface area contributed by atoms with Crippen molar-refractivity contribution in [2.45, 2.75) is 22.6 Å². The molecule has 36 heavy (non-hydrogen) atoms. The first-order chi connectivity index (χ1) is 16.9. The number of aromatic nitrogens is 1. The summed E-state index contributed by atoms with van der Waals surface area (Å²) < 4.78 is 31.8. The monoisotopic (exact) mass is 589 g/mol. The lowest BCUT2D eigenvalue weighted by Gasteiger charge is -2.29. The quantitative estimate of drug-likeness (QED) is 0.307. The van der Waals surface area contributed by atoms with Crippen LogP contribution in [0, 0.1) is 0 Å². The Kier molecular flexibility index (Phi) is 10.9. The van der Waals surface area contributed by atoms with E-state index >= 15 is 0 Å². The van der Waals surface area contributed by atoms with E-state index in [0.29, 0.717) is 36.5 Å². The summed E-state index contributed by atoms with van der Waals surface area (Å²) in [6, 6.07) is 12.2. The summed E-state index contributed by atoms with van der Waals surface area (Å²) in [6.07, 6.45) is 2.37. The fourth-order valence-corrected chi connectivity index (χ4v) is 6.99. The van der Waals surface area contributed by atoms with Gasteiger partial charge in [0, 0.05) is 42.5 Å². The number of thioether (sulfide) groups is 1. The van der Waals surface area contributed by atoms with Crippen LogP contribution in [-0.2, 0) is 19.4 Å². The highest BCUT2D eigenvalue weighted by Crippen LogP contribution is 2.34. The highest BCUT2D eigenvalue weighted by molar-refractivity contribution is 7.98. The number of carbonyl (C=O) groups excluding carboxylic acids is 1. The van der Waals surface area contributed by atoms with Gasteiger partial charge in [-0.1, -0.05) is 29.0 Å². The number of nitrogens with zero attached hydrogens (tertiary/aromatic N) is 3. The van der Waals surface area contributed by atoms with Gasteiger partial charge < -0.3 is 4.74 Å². The normalized spacial score (nSPS) is 14.5. The minimum atomic E-state index is -3.49. The number of amides is 1. The Morgan fingerprint density at radius 1 is 1.19 bits per heavy atom.